The molecule has 15 heteroatoms. The summed E-state index contributed by atoms with van der Waals surface area (Å²) in [6.45, 7) is 10.9. The van der Waals surface area contributed by atoms with Crippen molar-refractivity contribution in [1.82, 2.24) is 35.1 Å². The number of hydrogen-bond donors (Lipinski definition) is 3. The number of ether oxygens (including phenoxy) is 1. The number of alkyl carbamates (subject to hydrolysis) is 1. The zero-order chi connectivity index (χ0) is 39.0. The Labute approximate surface area is 352 Å². The van der Waals surface area contributed by atoms with Crippen LogP contribution in [0.15, 0.2) is 48.6 Å². The number of H-pyrrole nitrogens is 2. The number of amides is 3. The van der Waals surface area contributed by atoms with E-state index in [-0.39, 0.29) is 131 Å². The van der Waals surface area contributed by atoms with Gasteiger partial charge in [0.25, 0.3) is 0 Å². The first-order valence-electron chi connectivity index (χ1n) is 19.3. The van der Waals surface area contributed by atoms with Gasteiger partial charge in [-0.15, -0.1) is 0 Å². The highest BCUT2D eigenvalue weighted by Crippen LogP contribution is 2.34. The van der Waals surface area contributed by atoms with Crippen molar-refractivity contribution in [3.8, 4) is 23.1 Å². The fraction of sp³-hybridized carbons (Fsp3) is 0.462. The SMILES string of the molecule is S.S.S.S.[2H]c1c([2H])c(-c2cnc([C@@H]3CCCN3C(=O)[C@@H](NC(=O)OC)C(C)C)[nH]2)c([2H])c([2H])c1C#Cc1ccc2nc([C@@H]3CCCN3C(=O)[C@@H](C)C(C)C)[nH]c2c1. The first-order chi connectivity index (χ1) is 25.7. The number of benzene rings is 2. The van der Waals surface area contributed by atoms with Gasteiger partial charge in [-0.1, -0.05) is 58.5 Å². The normalized spacial score (nSPS) is 18.4. The molecule has 3 amide bonds. The van der Waals surface area contributed by atoms with Crippen molar-refractivity contribution in [1.29, 1.82) is 0 Å². The number of likely N-dealkylation sites (tertiary alicyclic amines) is 2. The van der Waals surface area contributed by atoms with Crippen LogP contribution in [0.3, 0.4) is 0 Å². The zero-order valence-electron chi connectivity index (χ0n) is 35.4. The molecule has 6 rings (SSSR count). The van der Waals surface area contributed by atoms with E-state index in [0.717, 1.165) is 36.1 Å². The molecule has 2 fully saturated rings. The van der Waals surface area contributed by atoms with Crippen LogP contribution in [-0.2, 0) is 14.3 Å². The predicted molar refractivity (Wildman–Crippen MR) is 233 cm³/mol. The molecule has 0 unspecified atom stereocenters. The van der Waals surface area contributed by atoms with Gasteiger partial charge in [0.15, 0.2) is 0 Å². The van der Waals surface area contributed by atoms with E-state index in [1.165, 1.54) is 13.3 Å². The number of imidazole rings is 2. The number of carbonyl (C=O) groups is 3. The van der Waals surface area contributed by atoms with Gasteiger partial charge in [-0.05, 0) is 73.4 Å². The molecular formula is C39H55N7O4S4. The highest BCUT2D eigenvalue weighted by Gasteiger charge is 2.38. The van der Waals surface area contributed by atoms with E-state index < -0.39 is 18.2 Å². The van der Waals surface area contributed by atoms with Crippen molar-refractivity contribution in [2.24, 2.45) is 17.8 Å². The van der Waals surface area contributed by atoms with Crippen LogP contribution in [-0.4, -0.2) is 73.9 Å². The van der Waals surface area contributed by atoms with Crippen molar-refractivity contribution in [3.63, 3.8) is 0 Å². The number of nitrogens with one attached hydrogen (secondary N) is 3. The van der Waals surface area contributed by atoms with Gasteiger partial charge >= 0.3 is 6.09 Å². The number of aromatic amines is 2. The fourth-order valence-corrected chi connectivity index (χ4v) is 6.60. The molecule has 2 aromatic carbocycles. The molecule has 0 spiro atoms. The summed E-state index contributed by atoms with van der Waals surface area (Å²) in [5.41, 5.74) is 2.38. The third-order valence-electron chi connectivity index (χ3n) is 9.81. The Morgan fingerprint density at radius 3 is 2.07 bits per heavy atom. The number of fused-ring (bicyclic) bond motifs is 1. The van der Waals surface area contributed by atoms with E-state index in [0.29, 0.717) is 30.9 Å². The van der Waals surface area contributed by atoms with Crippen LogP contribution in [0.5, 0.6) is 0 Å². The molecular weight excluding hydrogens is 759 g/mol. The van der Waals surface area contributed by atoms with E-state index >= 15 is 0 Å². The molecule has 54 heavy (non-hydrogen) atoms. The second-order valence-corrected chi connectivity index (χ2v) is 13.8. The van der Waals surface area contributed by atoms with Crippen LogP contribution < -0.4 is 5.32 Å². The highest BCUT2D eigenvalue weighted by molar-refractivity contribution is 7.59. The summed E-state index contributed by atoms with van der Waals surface area (Å²) in [4.78, 5) is 58.2. The van der Waals surface area contributed by atoms with Crippen LogP contribution in [0.4, 0.5) is 4.79 Å². The number of aromatic nitrogens is 4. The first kappa shape index (κ1) is 40.0. The minimum Gasteiger partial charge on any atom is -0.453 e. The van der Waals surface area contributed by atoms with E-state index in [4.69, 9.17) is 15.2 Å². The van der Waals surface area contributed by atoms with E-state index in [1.807, 2.05) is 37.8 Å². The molecule has 2 aliphatic rings. The lowest BCUT2D eigenvalue weighted by atomic mass is 9.96. The molecule has 0 saturated carbocycles. The molecule has 2 aliphatic heterocycles. The number of nitrogens with zero attached hydrogens (tertiary/aromatic N) is 4. The van der Waals surface area contributed by atoms with E-state index in [1.54, 1.807) is 11.0 Å². The van der Waals surface area contributed by atoms with Crippen molar-refractivity contribution >= 4 is 82.9 Å². The summed E-state index contributed by atoms with van der Waals surface area (Å²) >= 11 is 0. The molecule has 11 nitrogen and oxygen atoms in total. The maximum Gasteiger partial charge on any atom is 0.407 e. The Bertz CT molecular complexity index is 2140. The van der Waals surface area contributed by atoms with Crippen LogP contribution in [0.1, 0.15) is 101 Å². The molecule has 0 bridgehead atoms. The first-order valence-corrected chi connectivity index (χ1v) is 17.3. The molecule has 0 aliphatic carbocycles. The molecule has 3 N–H and O–H groups in total. The maximum absolute atomic E-state index is 13.6. The summed E-state index contributed by atoms with van der Waals surface area (Å²) < 4.78 is 39.9. The Balaban J connectivity index is 0.00000290. The van der Waals surface area contributed by atoms with Crippen molar-refractivity contribution in [2.45, 2.75) is 78.4 Å². The minimum atomic E-state index is -0.797. The third kappa shape index (κ3) is 10.1. The molecule has 2 saturated heterocycles. The number of hydrogen-bond acceptors (Lipinski definition) is 6. The van der Waals surface area contributed by atoms with Crippen LogP contribution in [0.2, 0.25) is 0 Å². The lowest BCUT2D eigenvalue weighted by Crippen LogP contribution is -2.51. The van der Waals surface area contributed by atoms with Gasteiger partial charge in [-0.2, -0.15) is 54.0 Å². The fourth-order valence-electron chi connectivity index (χ4n) is 6.60. The molecule has 4 aromatic rings. The summed E-state index contributed by atoms with van der Waals surface area (Å²) in [5.74, 6) is 6.90. The van der Waals surface area contributed by atoms with Gasteiger partial charge in [-0.3, -0.25) is 9.59 Å². The zero-order valence-corrected chi connectivity index (χ0v) is 35.4. The Hall–Kier alpha value is -3.71. The van der Waals surface area contributed by atoms with Crippen molar-refractivity contribution in [3.05, 3.63) is 71.3 Å². The Morgan fingerprint density at radius 2 is 1.46 bits per heavy atom. The van der Waals surface area contributed by atoms with Crippen molar-refractivity contribution < 1.29 is 24.6 Å². The van der Waals surface area contributed by atoms with Crippen LogP contribution in [0, 0.1) is 29.6 Å². The number of carbonyl (C=O) groups excluding carboxylic acids is 3. The van der Waals surface area contributed by atoms with Gasteiger partial charge in [0.2, 0.25) is 11.8 Å². The highest BCUT2D eigenvalue weighted by atomic mass is 32.1. The third-order valence-corrected chi connectivity index (χ3v) is 9.81. The van der Waals surface area contributed by atoms with Crippen molar-refractivity contribution in [2.75, 3.05) is 20.2 Å². The Morgan fingerprint density at radius 1 is 0.852 bits per heavy atom. The van der Waals surface area contributed by atoms with Crippen LogP contribution >= 0.6 is 54.0 Å². The summed E-state index contributed by atoms with van der Waals surface area (Å²) in [7, 11) is 1.24. The summed E-state index contributed by atoms with van der Waals surface area (Å²) in [6, 6.07) is 3.00. The molecule has 4 heterocycles. The topological polar surface area (TPSA) is 136 Å². The quantitative estimate of drug-likeness (QED) is 0.168. The van der Waals surface area contributed by atoms with Gasteiger partial charge in [0.05, 0.1) is 47.6 Å². The number of rotatable bonds is 8. The molecule has 2 aromatic heterocycles. The largest absolute Gasteiger partial charge is 0.453 e. The standard InChI is InChI=1S/C39H47N7O4.4H2S/c1-23(2)25(5)37(47)45-19-8-10-33(45)36-41-29-18-15-27(21-30(29)42-36)12-11-26-13-16-28(17-14-26)31-22-40-35(43-31)32-9-7-20-46(32)38(48)34(24(3)4)44-39(49)50-6;;;;/h13-18,21-25,32-34H,7-10,19-20H2,1-6H3,(H,40,43)(H,41,42)(H,44,49);4*1H2/t25-,32-,33-,34-;;;;/m0..../s1/i13D,14D,16D,17D;;;;. The maximum atomic E-state index is 13.6. The summed E-state index contributed by atoms with van der Waals surface area (Å²) in [6.07, 6.45) is 3.84. The van der Waals surface area contributed by atoms with Gasteiger partial charge in [0, 0.05) is 30.1 Å². The van der Waals surface area contributed by atoms with Crippen LogP contribution in [0.25, 0.3) is 22.3 Å². The second kappa shape index (κ2) is 20.3. The van der Waals surface area contributed by atoms with E-state index in [2.05, 4.69) is 46.0 Å². The molecule has 294 valence electrons. The summed E-state index contributed by atoms with van der Waals surface area (Å²) in [5, 5.41) is 2.63. The predicted octanol–water partition coefficient (Wildman–Crippen LogP) is 6.80. The molecule has 0 radical (unpaired) electrons. The average Bonchev–Trinajstić information content (AvgIpc) is 3.98. The smallest absolute Gasteiger partial charge is 0.407 e. The number of methoxy groups -OCH3 is 1. The van der Waals surface area contributed by atoms with Gasteiger partial charge < -0.3 is 29.8 Å². The Kier molecular flexibility index (Phi) is 15.0. The lowest BCUT2D eigenvalue weighted by Gasteiger charge is -2.30. The van der Waals surface area contributed by atoms with Gasteiger partial charge in [0.1, 0.15) is 17.7 Å². The lowest BCUT2D eigenvalue weighted by molar-refractivity contribution is -0.137. The monoisotopic (exact) mass is 817 g/mol. The van der Waals surface area contributed by atoms with Gasteiger partial charge in [-0.25, -0.2) is 14.8 Å². The molecule has 4 atom stereocenters. The average molecular weight is 818 g/mol. The second-order valence-electron chi connectivity index (χ2n) is 13.8. The minimum absolute atomic E-state index is 0. The van der Waals surface area contributed by atoms with E-state index in [9.17, 15) is 14.4 Å².